The van der Waals surface area contributed by atoms with Crippen LogP contribution in [0.1, 0.15) is 13.8 Å². The lowest BCUT2D eigenvalue weighted by Crippen LogP contribution is -2.46. The molecule has 16 heavy (non-hydrogen) atoms. The predicted octanol–water partition coefficient (Wildman–Crippen LogP) is 2.00. The molecule has 0 aromatic heterocycles. The second-order valence-electron chi connectivity index (χ2n) is 4.07. The first-order valence-corrected chi connectivity index (χ1v) is 5.48. The van der Waals surface area contributed by atoms with E-state index in [9.17, 15) is 4.79 Å². The fraction of sp³-hybridized carbons (Fsp3) is 0.417. The molecule has 0 aliphatic carbocycles. The third-order valence-electron chi connectivity index (χ3n) is 2.39. The van der Waals surface area contributed by atoms with Crippen LogP contribution in [0, 0.1) is 0 Å². The number of para-hydroxylation sites is 2. The van der Waals surface area contributed by atoms with E-state index >= 15 is 0 Å². The fourth-order valence-electron chi connectivity index (χ4n) is 1.71. The van der Waals surface area contributed by atoms with Gasteiger partial charge in [-0.25, -0.2) is 4.79 Å². The Morgan fingerprint density at radius 2 is 2.19 bits per heavy atom. The number of ether oxygens (including phenoxy) is 1. The Balaban J connectivity index is 2.21. The van der Waals surface area contributed by atoms with Crippen molar-refractivity contribution in [3.8, 4) is 5.75 Å². The summed E-state index contributed by atoms with van der Waals surface area (Å²) in [6, 6.07) is 7.66. The molecule has 4 heteroatoms. The second-order valence-corrected chi connectivity index (χ2v) is 4.07. The topological polar surface area (TPSA) is 41.6 Å². The number of nitrogens with one attached hydrogen (secondary N) is 1. The number of carbonyl (C=O) groups is 1. The minimum Gasteiger partial charge on any atom is -0.490 e. The van der Waals surface area contributed by atoms with Gasteiger partial charge in [0.25, 0.3) is 0 Å². The van der Waals surface area contributed by atoms with Gasteiger partial charge in [-0.3, -0.25) is 4.90 Å². The lowest BCUT2D eigenvalue weighted by molar-refractivity contribution is 0.238. The van der Waals surface area contributed by atoms with Crippen LogP contribution in [0.25, 0.3) is 0 Å². The van der Waals surface area contributed by atoms with Crippen LogP contribution in [0.3, 0.4) is 0 Å². The summed E-state index contributed by atoms with van der Waals surface area (Å²) in [5.41, 5.74) is 0.840. The average Bonchev–Trinajstić information content (AvgIpc) is 2.27. The molecule has 0 saturated carbocycles. The van der Waals surface area contributed by atoms with Crippen LogP contribution in [-0.2, 0) is 0 Å². The molecule has 0 atom stereocenters. The molecule has 2 amide bonds. The Morgan fingerprint density at radius 1 is 1.44 bits per heavy atom. The number of carbonyl (C=O) groups excluding carboxylic acids is 1. The maximum atomic E-state index is 11.9. The highest BCUT2D eigenvalue weighted by Gasteiger charge is 2.23. The Morgan fingerprint density at radius 3 is 2.94 bits per heavy atom. The summed E-state index contributed by atoms with van der Waals surface area (Å²) < 4.78 is 5.49. The zero-order chi connectivity index (χ0) is 11.5. The SMILES string of the molecule is CC(C)NC(=O)N1CCOc2ccccc21. The van der Waals surface area contributed by atoms with Crippen LogP contribution in [0.2, 0.25) is 0 Å². The van der Waals surface area contributed by atoms with Crippen LogP contribution >= 0.6 is 0 Å². The summed E-state index contributed by atoms with van der Waals surface area (Å²) >= 11 is 0. The number of nitrogens with zero attached hydrogens (tertiary/aromatic N) is 1. The molecule has 4 nitrogen and oxygen atoms in total. The molecular formula is C12H16N2O2. The summed E-state index contributed by atoms with van der Waals surface area (Å²) in [6.45, 7) is 5.03. The molecule has 2 rings (SSSR count). The third kappa shape index (κ3) is 2.10. The van der Waals surface area contributed by atoms with Crippen LogP contribution in [-0.4, -0.2) is 25.2 Å². The quantitative estimate of drug-likeness (QED) is 0.786. The van der Waals surface area contributed by atoms with Gasteiger partial charge in [-0.05, 0) is 26.0 Å². The minimum atomic E-state index is -0.0641. The maximum absolute atomic E-state index is 11.9. The van der Waals surface area contributed by atoms with E-state index in [2.05, 4.69) is 5.32 Å². The highest BCUT2D eigenvalue weighted by atomic mass is 16.5. The number of anilines is 1. The van der Waals surface area contributed by atoms with Gasteiger partial charge in [0.1, 0.15) is 12.4 Å². The normalized spacial score (nSPS) is 14.3. The van der Waals surface area contributed by atoms with E-state index in [0.29, 0.717) is 13.2 Å². The van der Waals surface area contributed by atoms with Crippen molar-refractivity contribution in [3.05, 3.63) is 24.3 Å². The highest BCUT2D eigenvalue weighted by molar-refractivity contribution is 5.94. The minimum absolute atomic E-state index is 0.0641. The first-order chi connectivity index (χ1) is 7.68. The van der Waals surface area contributed by atoms with Crippen molar-refractivity contribution in [2.24, 2.45) is 0 Å². The van der Waals surface area contributed by atoms with Crippen LogP contribution < -0.4 is 15.0 Å². The molecule has 0 unspecified atom stereocenters. The average molecular weight is 220 g/mol. The molecular weight excluding hydrogens is 204 g/mol. The standard InChI is InChI=1S/C12H16N2O2/c1-9(2)13-12(15)14-7-8-16-11-6-4-3-5-10(11)14/h3-6,9H,7-8H2,1-2H3,(H,13,15). The lowest BCUT2D eigenvalue weighted by Gasteiger charge is -2.30. The first kappa shape index (κ1) is 10.8. The summed E-state index contributed by atoms with van der Waals surface area (Å²) in [4.78, 5) is 13.7. The molecule has 86 valence electrons. The molecule has 0 radical (unpaired) electrons. The van der Waals surface area contributed by atoms with Crippen molar-refractivity contribution in [2.45, 2.75) is 19.9 Å². The number of hydrogen-bond donors (Lipinski definition) is 1. The van der Waals surface area contributed by atoms with Gasteiger partial charge in [0.2, 0.25) is 0 Å². The first-order valence-electron chi connectivity index (χ1n) is 5.48. The van der Waals surface area contributed by atoms with E-state index in [1.165, 1.54) is 0 Å². The van der Waals surface area contributed by atoms with E-state index in [1.807, 2.05) is 38.1 Å². The van der Waals surface area contributed by atoms with Crippen molar-refractivity contribution >= 4 is 11.7 Å². The van der Waals surface area contributed by atoms with Crippen molar-refractivity contribution in [1.29, 1.82) is 0 Å². The molecule has 0 bridgehead atoms. The number of rotatable bonds is 1. The molecule has 0 spiro atoms. The van der Waals surface area contributed by atoms with Gasteiger partial charge in [-0.2, -0.15) is 0 Å². The Kier molecular flexibility index (Phi) is 2.99. The molecule has 1 aromatic carbocycles. The Labute approximate surface area is 95.2 Å². The number of amides is 2. The molecule has 1 heterocycles. The lowest BCUT2D eigenvalue weighted by atomic mass is 10.2. The van der Waals surface area contributed by atoms with Gasteiger partial charge in [-0.15, -0.1) is 0 Å². The molecule has 0 saturated heterocycles. The highest BCUT2D eigenvalue weighted by Crippen LogP contribution is 2.30. The number of urea groups is 1. The van der Waals surface area contributed by atoms with Gasteiger partial charge >= 0.3 is 6.03 Å². The second kappa shape index (κ2) is 4.43. The van der Waals surface area contributed by atoms with Gasteiger partial charge < -0.3 is 10.1 Å². The van der Waals surface area contributed by atoms with E-state index in [1.54, 1.807) is 4.90 Å². The number of benzene rings is 1. The number of fused-ring (bicyclic) bond motifs is 1. The summed E-state index contributed by atoms with van der Waals surface area (Å²) in [5, 5.41) is 2.88. The fourth-order valence-corrected chi connectivity index (χ4v) is 1.71. The van der Waals surface area contributed by atoms with E-state index in [-0.39, 0.29) is 12.1 Å². The molecule has 1 aliphatic rings. The summed E-state index contributed by atoms with van der Waals surface area (Å²) in [5.74, 6) is 0.771. The third-order valence-corrected chi connectivity index (χ3v) is 2.39. The number of hydrogen-bond acceptors (Lipinski definition) is 2. The van der Waals surface area contributed by atoms with Crippen molar-refractivity contribution in [3.63, 3.8) is 0 Å². The Hall–Kier alpha value is -1.71. The maximum Gasteiger partial charge on any atom is 0.322 e. The molecule has 1 aliphatic heterocycles. The van der Waals surface area contributed by atoms with Gasteiger partial charge in [0, 0.05) is 6.04 Å². The van der Waals surface area contributed by atoms with E-state index < -0.39 is 0 Å². The van der Waals surface area contributed by atoms with Crippen LogP contribution in [0.5, 0.6) is 5.75 Å². The van der Waals surface area contributed by atoms with E-state index in [0.717, 1.165) is 11.4 Å². The largest absolute Gasteiger partial charge is 0.490 e. The zero-order valence-electron chi connectivity index (χ0n) is 9.56. The van der Waals surface area contributed by atoms with Crippen molar-refractivity contribution in [2.75, 3.05) is 18.1 Å². The van der Waals surface area contributed by atoms with Crippen molar-refractivity contribution < 1.29 is 9.53 Å². The summed E-state index contributed by atoms with van der Waals surface area (Å²) in [6.07, 6.45) is 0. The Bertz CT molecular complexity index is 390. The van der Waals surface area contributed by atoms with Crippen LogP contribution in [0.15, 0.2) is 24.3 Å². The molecule has 1 aromatic rings. The monoisotopic (exact) mass is 220 g/mol. The van der Waals surface area contributed by atoms with Crippen LogP contribution in [0.4, 0.5) is 10.5 Å². The predicted molar refractivity (Wildman–Crippen MR) is 63.0 cm³/mol. The van der Waals surface area contributed by atoms with E-state index in [4.69, 9.17) is 4.74 Å². The van der Waals surface area contributed by atoms with Crippen molar-refractivity contribution in [1.82, 2.24) is 5.32 Å². The van der Waals surface area contributed by atoms with Gasteiger partial charge in [-0.1, -0.05) is 12.1 Å². The van der Waals surface area contributed by atoms with Gasteiger partial charge in [0.05, 0.1) is 12.2 Å². The molecule has 1 N–H and O–H groups in total. The summed E-state index contributed by atoms with van der Waals surface area (Å²) in [7, 11) is 0. The van der Waals surface area contributed by atoms with Gasteiger partial charge in [0.15, 0.2) is 0 Å². The zero-order valence-corrected chi connectivity index (χ0v) is 9.56. The smallest absolute Gasteiger partial charge is 0.322 e. The molecule has 0 fully saturated rings.